The third kappa shape index (κ3) is 2.32. The van der Waals surface area contributed by atoms with Gasteiger partial charge in [0.05, 0.1) is 25.3 Å². The van der Waals surface area contributed by atoms with Crippen molar-refractivity contribution in [2.24, 2.45) is 5.11 Å². The summed E-state index contributed by atoms with van der Waals surface area (Å²) in [4.78, 5) is 14.4. The van der Waals surface area contributed by atoms with Crippen LogP contribution in [0.25, 0.3) is 21.3 Å². The molecule has 0 bridgehead atoms. The van der Waals surface area contributed by atoms with Crippen LogP contribution in [0.15, 0.2) is 29.5 Å². The summed E-state index contributed by atoms with van der Waals surface area (Å²) in [6, 6.07) is 4.51. The molecule has 2 rings (SSSR count). The minimum absolute atomic E-state index is 0.163. The molecule has 1 aromatic carbocycles. The molecule has 1 N–H and O–H groups in total. The summed E-state index contributed by atoms with van der Waals surface area (Å²) in [5.74, 6) is 0.460. The van der Waals surface area contributed by atoms with E-state index in [1.165, 1.54) is 11.5 Å². The van der Waals surface area contributed by atoms with Crippen molar-refractivity contribution in [3.63, 3.8) is 0 Å². The number of rotatable bonds is 4. The lowest BCUT2D eigenvalue weighted by Gasteiger charge is -2.06. The monoisotopic (exact) mass is 274 g/mol. The first-order valence-corrected chi connectivity index (χ1v) is 5.97. The number of methoxy groups -OCH3 is 1. The highest BCUT2D eigenvalue weighted by atomic mass is 16.5. The zero-order chi connectivity index (χ0) is 14.7. The molecule has 1 aromatic heterocycles. The maximum absolute atomic E-state index is 11.7. The number of carbonyl (C=O) groups excluding carboxylic acids is 1. The number of nitrogens with zero attached hydrogens (tertiary/aromatic N) is 4. The second-order valence-electron chi connectivity index (χ2n) is 4.26. The number of benzene rings is 1. The van der Waals surface area contributed by atoms with Crippen LogP contribution >= 0.6 is 0 Å². The van der Waals surface area contributed by atoms with Crippen molar-refractivity contribution in [3.8, 4) is 5.75 Å². The summed E-state index contributed by atoms with van der Waals surface area (Å²) in [6.07, 6.45) is 1.59. The first-order chi connectivity index (χ1) is 9.62. The summed E-state index contributed by atoms with van der Waals surface area (Å²) < 4.78 is 6.62. The number of hydrogen-bond donors (Lipinski definition) is 1. The molecular weight excluding hydrogens is 260 g/mol. The fourth-order valence-corrected chi connectivity index (χ4v) is 2.15. The van der Waals surface area contributed by atoms with Crippen LogP contribution < -0.4 is 4.74 Å². The molecule has 1 heterocycles. The van der Waals surface area contributed by atoms with Crippen LogP contribution in [-0.4, -0.2) is 29.3 Å². The Morgan fingerprint density at radius 2 is 2.35 bits per heavy atom. The zero-order valence-corrected chi connectivity index (χ0v) is 11.1. The zero-order valence-electron chi connectivity index (χ0n) is 11.1. The molecule has 104 valence electrons. The second kappa shape index (κ2) is 5.64. The number of hydrogen-bond acceptors (Lipinski definition) is 4. The number of ether oxygens (including phenoxy) is 1. The van der Waals surface area contributed by atoms with E-state index < -0.39 is 6.04 Å². The van der Waals surface area contributed by atoms with E-state index in [-0.39, 0.29) is 12.5 Å². The van der Waals surface area contributed by atoms with E-state index in [0.717, 1.165) is 0 Å². The van der Waals surface area contributed by atoms with Gasteiger partial charge in [0.15, 0.2) is 0 Å². The Bertz CT molecular complexity index is 701. The number of aromatic nitrogens is 1. The number of azide groups is 1. The summed E-state index contributed by atoms with van der Waals surface area (Å²) in [5, 5.41) is 13.6. The van der Waals surface area contributed by atoms with Crippen LogP contribution in [0.2, 0.25) is 0 Å². The molecule has 2 aromatic rings. The molecule has 0 unspecified atom stereocenters. The number of fused-ring (bicyclic) bond motifs is 1. The third-order valence-corrected chi connectivity index (χ3v) is 3.10. The van der Waals surface area contributed by atoms with Gasteiger partial charge >= 0.3 is 0 Å². The second-order valence-corrected chi connectivity index (χ2v) is 4.26. The summed E-state index contributed by atoms with van der Waals surface area (Å²) in [6.45, 7) is 1.10. The van der Waals surface area contributed by atoms with Crippen LogP contribution in [0.4, 0.5) is 0 Å². The van der Waals surface area contributed by atoms with Gasteiger partial charge in [-0.1, -0.05) is 5.11 Å². The fourth-order valence-electron chi connectivity index (χ4n) is 2.15. The molecular formula is C13H14N4O3. The van der Waals surface area contributed by atoms with Crippen molar-refractivity contribution in [1.29, 1.82) is 0 Å². The van der Waals surface area contributed by atoms with E-state index in [2.05, 4.69) is 10.0 Å². The molecule has 7 nitrogen and oxygen atoms in total. The predicted octanol–water partition coefficient (Wildman–Crippen LogP) is 2.65. The van der Waals surface area contributed by atoms with Crippen molar-refractivity contribution < 1.29 is 14.6 Å². The summed E-state index contributed by atoms with van der Waals surface area (Å²) in [5.41, 5.74) is 9.84. The molecule has 0 spiro atoms. The lowest BCUT2D eigenvalue weighted by molar-refractivity contribution is 0.0941. The fraction of sp³-hybridized carbons (Fsp3) is 0.308. The van der Waals surface area contributed by atoms with Crippen molar-refractivity contribution in [1.82, 2.24) is 4.57 Å². The average Bonchev–Trinajstić information content (AvgIpc) is 2.83. The minimum atomic E-state index is -0.741. The van der Waals surface area contributed by atoms with Gasteiger partial charge in [-0.05, 0) is 29.3 Å². The molecule has 1 atom stereocenters. The van der Waals surface area contributed by atoms with Gasteiger partial charge in [-0.3, -0.25) is 9.36 Å². The van der Waals surface area contributed by atoms with Gasteiger partial charge in [0.2, 0.25) is 5.91 Å². The Labute approximate surface area is 115 Å². The molecule has 0 aliphatic heterocycles. The van der Waals surface area contributed by atoms with E-state index in [9.17, 15) is 9.90 Å². The van der Waals surface area contributed by atoms with E-state index in [1.807, 2.05) is 0 Å². The van der Waals surface area contributed by atoms with Crippen molar-refractivity contribution in [2.45, 2.75) is 13.0 Å². The Morgan fingerprint density at radius 3 is 2.90 bits per heavy atom. The van der Waals surface area contributed by atoms with Gasteiger partial charge in [-0.15, -0.1) is 0 Å². The van der Waals surface area contributed by atoms with Crippen LogP contribution in [-0.2, 0) is 0 Å². The van der Waals surface area contributed by atoms with Gasteiger partial charge in [0.25, 0.3) is 0 Å². The summed E-state index contributed by atoms with van der Waals surface area (Å²) >= 11 is 0. The Balaban J connectivity index is 2.74. The number of aliphatic hydroxyl groups excluding tert-OH is 1. The highest BCUT2D eigenvalue weighted by molar-refractivity contribution is 5.94. The highest BCUT2D eigenvalue weighted by Crippen LogP contribution is 2.31. The van der Waals surface area contributed by atoms with Crippen molar-refractivity contribution in [3.05, 3.63) is 40.4 Å². The maximum atomic E-state index is 11.7. The SMILES string of the molecule is COc1ccc2c(c1)c([C@@H](CO)N=[N+]=[N-])cn2C(C)=O. The normalized spacial score (nSPS) is 11.9. The van der Waals surface area contributed by atoms with E-state index in [1.54, 1.807) is 31.5 Å². The molecule has 20 heavy (non-hydrogen) atoms. The molecule has 0 saturated heterocycles. The molecule has 0 amide bonds. The van der Waals surface area contributed by atoms with Gasteiger partial charge < -0.3 is 9.84 Å². The molecule has 0 aliphatic rings. The lowest BCUT2D eigenvalue weighted by atomic mass is 10.1. The van der Waals surface area contributed by atoms with Gasteiger partial charge in [-0.25, -0.2) is 0 Å². The minimum Gasteiger partial charge on any atom is -0.497 e. The maximum Gasteiger partial charge on any atom is 0.227 e. The third-order valence-electron chi connectivity index (χ3n) is 3.10. The van der Waals surface area contributed by atoms with E-state index in [4.69, 9.17) is 10.3 Å². The van der Waals surface area contributed by atoms with Crippen molar-refractivity contribution in [2.75, 3.05) is 13.7 Å². The Kier molecular flexibility index (Phi) is 3.93. The highest BCUT2D eigenvalue weighted by Gasteiger charge is 2.18. The van der Waals surface area contributed by atoms with E-state index in [0.29, 0.717) is 22.2 Å². The van der Waals surface area contributed by atoms with Gasteiger partial charge in [0, 0.05) is 23.4 Å². The average molecular weight is 274 g/mol. The lowest BCUT2D eigenvalue weighted by Crippen LogP contribution is -2.04. The van der Waals surface area contributed by atoms with Crippen LogP contribution in [0.1, 0.15) is 23.3 Å². The van der Waals surface area contributed by atoms with Crippen molar-refractivity contribution >= 4 is 16.8 Å². The molecule has 0 radical (unpaired) electrons. The standard InChI is InChI=1S/C13H14N4O3/c1-8(19)17-6-11(12(7-18)15-16-14)10-5-9(20-2)3-4-13(10)17/h3-6,12,18H,7H2,1-2H3/t12-/m1/s1. The summed E-state index contributed by atoms with van der Waals surface area (Å²) in [7, 11) is 1.54. The smallest absolute Gasteiger partial charge is 0.227 e. The first kappa shape index (κ1) is 13.9. The van der Waals surface area contributed by atoms with Crippen LogP contribution in [0.5, 0.6) is 5.75 Å². The Morgan fingerprint density at radius 1 is 1.60 bits per heavy atom. The van der Waals surface area contributed by atoms with Crippen LogP contribution in [0, 0.1) is 0 Å². The molecule has 0 fully saturated rings. The molecule has 0 saturated carbocycles. The predicted molar refractivity (Wildman–Crippen MR) is 73.8 cm³/mol. The Hall–Kier alpha value is -2.50. The molecule has 0 aliphatic carbocycles. The quantitative estimate of drug-likeness (QED) is 0.526. The largest absolute Gasteiger partial charge is 0.497 e. The van der Waals surface area contributed by atoms with Crippen LogP contribution in [0.3, 0.4) is 0 Å². The van der Waals surface area contributed by atoms with Gasteiger partial charge in [-0.2, -0.15) is 0 Å². The number of carbonyl (C=O) groups is 1. The van der Waals surface area contributed by atoms with E-state index >= 15 is 0 Å². The van der Waals surface area contributed by atoms with Gasteiger partial charge in [0.1, 0.15) is 5.75 Å². The molecule has 7 heteroatoms. The number of aliphatic hydroxyl groups is 1. The first-order valence-electron chi connectivity index (χ1n) is 5.97. The topological polar surface area (TPSA) is 100 Å².